The molecule has 1 nitrogen and oxygen atoms in total. The van der Waals surface area contributed by atoms with Crippen molar-refractivity contribution in [2.75, 3.05) is 4.90 Å². The lowest BCUT2D eigenvalue weighted by Gasteiger charge is -2.32. The maximum absolute atomic E-state index is 2.56. The second kappa shape index (κ2) is 11.9. The van der Waals surface area contributed by atoms with Crippen LogP contribution in [-0.2, 0) is 10.8 Å². The first-order valence-corrected chi connectivity index (χ1v) is 19.4. The van der Waals surface area contributed by atoms with Crippen LogP contribution in [0.5, 0.6) is 0 Å². The molecule has 260 valence electrons. The van der Waals surface area contributed by atoms with E-state index >= 15 is 0 Å². The van der Waals surface area contributed by atoms with E-state index in [9.17, 15) is 0 Å². The summed E-state index contributed by atoms with van der Waals surface area (Å²) in [6.45, 7) is 4.80. The molecular formula is C54H39N. The Labute approximate surface area is 322 Å². The second-order valence-corrected chi connectivity index (χ2v) is 15.5. The number of hydrogen-bond acceptors (Lipinski definition) is 1. The Morgan fingerprint density at radius 2 is 0.873 bits per heavy atom. The zero-order valence-corrected chi connectivity index (χ0v) is 31.0. The first-order chi connectivity index (χ1) is 27.1. The Bertz CT molecular complexity index is 2960. The molecule has 9 aromatic carbocycles. The molecule has 1 heteroatoms. The highest BCUT2D eigenvalue weighted by molar-refractivity contribution is 6.15. The van der Waals surface area contributed by atoms with Crippen molar-refractivity contribution in [1.82, 2.24) is 0 Å². The summed E-state index contributed by atoms with van der Waals surface area (Å²) in [5.74, 6) is 0. The van der Waals surface area contributed by atoms with Crippen LogP contribution in [0.3, 0.4) is 0 Å². The summed E-state index contributed by atoms with van der Waals surface area (Å²) in [6.07, 6.45) is 0. The first kappa shape index (κ1) is 31.8. The molecule has 11 rings (SSSR count). The first-order valence-electron chi connectivity index (χ1n) is 19.4. The lowest BCUT2D eigenvalue weighted by atomic mass is 9.74. The normalized spacial score (nSPS) is 17.8. The maximum Gasteiger partial charge on any atom is 0.0546 e. The van der Waals surface area contributed by atoms with E-state index in [1.54, 1.807) is 0 Å². The third-order valence-electron chi connectivity index (χ3n) is 12.8. The highest BCUT2D eigenvalue weighted by Gasteiger charge is 2.44. The van der Waals surface area contributed by atoms with Crippen LogP contribution in [0.4, 0.5) is 17.1 Å². The summed E-state index contributed by atoms with van der Waals surface area (Å²) in [5, 5.41) is 4.98. The van der Waals surface area contributed by atoms with Crippen molar-refractivity contribution in [3.05, 3.63) is 234 Å². The Kier molecular flexibility index (Phi) is 6.88. The van der Waals surface area contributed by atoms with Gasteiger partial charge in [0.1, 0.15) is 0 Å². The fourth-order valence-corrected chi connectivity index (χ4v) is 10.1. The van der Waals surface area contributed by atoms with Crippen molar-refractivity contribution < 1.29 is 0 Å². The van der Waals surface area contributed by atoms with E-state index in [2.05, 4.69) is 219 Å². The summed E-state index contributed by atoms with van der Waals surface area (Å²) < 4.78 is 0. The Hall–Kier alpha value is -6.70. The maximum atomic E-state index is 2.56. The Balaban J connectivity index is 1.23. The lowest BCUT2D eigenvalue weighted by Crippen LogP contribution is -2.22. The molecule has 0 amide bonds. The van der Waals surface area contributed by atoms with E-state index in [0.29, 0.717) is 0 Å². The average Bonchev–Trinajstić information content (AvgIpc) is 3.68. The van der Waals surface area contributed by atoms with Crippen molar-refractivity contribution >= 4 is 38.6 Å². The molecule has 2 unspecified atom stereocenters. The van der Waals surface area contributed by atoms with Crippen molar-refractivity contribution in [2.45, 2.75) is 24.7 Å². The number of fused-ring (bicyclic) bond motifs is 9. The predicted molar refractivity (Wildman–Crippen MR) is 231 cm³/mol. The van der Waals surface area contributed by atoms with Gasteiger partial charge in [0, 0.05) is 27.5 Å². The highest BCUT2D eigenvalue weighted by Crippen LogP contribution is 2.58. The summed E-state index contributed by atoms with van der Waals surface area (Å²) >= 11 is 0. The van der Waals surface area contributed by atoms with Gasteiger partial charge >= 0.3 is 0 Å². The van der Waals surface area contributed by atoms with E-state index in [1.165, 1.54) is 88.6 Å². The summed E-state index contributed by atoms with van der Waals surface area (Å²) in [6, 6.07) is 74.4. The molecule has 2 aliphatic carbocycles. The number of rotatable bonds is 5. The third kappa shape index (κ3) is 4.41. The topological polar surface area (TPSA) is 3.24 Å². The van der Waals surface area contributed by atoms with Gasteiger partial charge in [0.05, 0.1) is 11.4 Å². The van der Waals surface area contributed by atoms with Gasteiger partial charge in [-0.1, -0.05) is 176 Å². The smallest absolute Gasteiger partial charge is 0.0546 e. The monoisotopic (exact) mass is 701 g/mol. The molecule has 9 aromatic rings. The zero-order valence-electron chi connectivity index (χ0n) is 31.0. The van der Waals surface area contributed by atoms with Crippen LogP contribution in [0.1, 0.15) is 47.2 Å². The molecule has 0 radical (unpaired) electrons. The fraction of sp³-hybridized carbons (Fsp3) is 0.0741. The van der Waals surface area contributed by atoms with Crippen LogP contribution in [0, 0.1) is 0 Å². The van der Waals surface area contributed by atoms with Crippen molar-refractivity contribution in [1.29, 1.82) is 0 Å². The van der Waals surface area contributed by atoms with Gasteiger partial charge in [-0.2, -0.15) is 0 Å². The van der Waals surface area contributed by atoms with Crippen molar-refractivity contribution in [2.24, 2.45) is 0 Å². The van der Waals surface area contributed by atoms with E-state index in [-0.39, 0.29) is 10.8 Å². The van der Waals surface area contributed by atoms with Gasteiger partial charge in [-0.3, -0.25) is 0 Å². The standard InChI is InChI=1S/C54H39N/c1-53(37-19-5-3-6-20-37)46-28-15-13-25-42(46)45-35-39(32-33-48(45)53)55(51-34-36-18-9-10-23-40(36)41-24-11-12-26-43(41)51)50-31-17-30-49-52(50)44-27-14-16-29-47(44)54(49,2)38-21-7-4-8-22-38/h3-35H,1-2H3. The van der Waals surface area contributed by atoms with Crippen LogP contribution >= 0.6 is 0 Å². The summed E-state index contributed by atoms with van der Waals surface area (Å²) in [4.78, 5) is 2.56. The average molecular weight is 702 g/mol. The molecule has 0 spiro atoms. The molecule has 0 aliphatic heterocycles. The fourth-order valence-electron chi connectivity index (χ4n) is 10.1. The molecule has 55 heavy (non-hydrogen) atoms. The largest absolute Gasteiger partial charge is 0.309 e. The number of hydrogen-bond donors (Lipinski definition) is 0. The minimum atomic E-state index is -0.311. The minimum absolute atomic E-state index is 0.267. The van der Waals surface area contributed by atoms with Crippen molar-refractivity contribution in [3.63, 3.8) is 0 Å². The molecule has 2 aliphatic rings. The van der Waals surface area contributed by atoms with Crippen LogP contribution in [0.2, 0.25) is 0 Å². The molecule has 2 atom stereocenters. The van der Waals surface area contributed by atoms with Gasteiger partial charge in [-0.05, 0) is 104 Å². The van der Waals surface area contributed by atoms with Crippen LogP contribution in [-0.4, -0.2) is 0 Å². The number of nitrogens with zero attached hydrogens (tertiary/aromatic N) is 1. The van der Waals surface area contributed by atoms with E-state index in [1.807, 2.05) is 0 Å². The van der Waals surface area contributed by atoms with Gasteiger partial charge < -0.3 is 4.90 Å². The van der Waals surface area contributed by atoms with Gasteiger partial charge in [-0.15, -0.1) is 0 Å². The van der Waals surface area contributed by atoms with E-state index in [4.69, 9.17) is 0 Å². The van der Waals surface area contributed by atoms with Gasteiger partial charge in [0.15, 0.2) is 0 Å². The summed E-state index contributed by atoms with van der Waals surface area (Å²) in [7, 11) is 0. The van der Waals surface area contributed by atoms with Crippen LogP contribution < -0.4 is 4.90 Å². The molecular weight excluding hydrogens is 663 g/mol. The Morgan fingerprint density at radius 1 is 0.345 bits per heavy atom. The van der Waals surface area contributed by atoms with Gasteiger partial charge in [0.2, 0.25) is 0 Å². The SMILES string of the molecule is CC1(c2ccccc2)c2ccccc2-c2cc(N(c3cccc4c3-c3ccccc3C4(C)c3ccccc3)c3cc4ccccc4c4ccccc34)ccc21. The van der Waals surface area contributed by atoms with E-state index < -0.39 is 0 Å². The highest BCUT2D eigenvalue weighted by atomic mass is 15.1. The van der Waals surface area contributed by atoms with Crippen molar-refractivity contribution in [3.8, 4) is 22.3 Å². The minimum Gasteiger partial charge on any atom is -0.309 e. The molecule has 0 saturated carbocycles. The van der Waals surface area contributed by atoms with Gasteiger partial charge in [-0.25, -0.2) is 0 Å². The van der Waals surface area contributed by atoms with Gasteiger partial charge in [0.25, 0.3) is 0 Å². The summed E-state index contributed by atoms with van der Waals surface area (Å²) in [5.41, 5.74) is 16.1. The molecule has 0 saturated heterocycles. The molecule has 0 N–H and O–H groups in total. The number of anilines is 3. The van der Waals surface area contributed by atoms with Crippen LogP contribution in [0.15, 0.2) is 200 Å². The quantitative estimate of drug-likeness (QED) is 0.162. The zero-order chi connectivity index (χ0) is 36.7. The molecule has 0 fully saturated rings. The molecule has 0 heterocycles. The molecule has 0 bridgehead atoms. The van der Waals surface area contributed by atoms with Crippen LogP contribution in [0.25, 0.3) is 43.8 Å². The Morgan fingerprint density at radius 3 is 1.60 bits per heavy atom. The molecule has 0 aromatic heterocycles. The number of benzene rings is 9. The lowest BCUT2D eigenvalue weighted by molar-refractivity contribution is 0.713. The third-order valence-corrected chi connectivity index (χ3v) is 12.8. The second-order valence-electron chi connectivity index (χ2n) is 15.5. The van der Waals surface area contributed by atoms with E-state index in [0.717, 1.165) is 5.69 Å². The predicted octanol–water partition coefficient (Wildman–Crippen LogP) is 14.1.